The maximum Gasteiger partial charge on any atom is 0.295 e. The Bertz CT molecular complexity index is 574. The third-order valence-electron chi connectivity index (χ3n) is 2.38. The molecule has 4 heteroatoms. The lowest BCUT2D eigenvalue weighted by molar-refractivity contribution is 0.0995. The predicted molar refractivity (Wildman–Crippen MR) is 74.2 cm³/mol. The Labute approximate surface area is 114 Å². The normalized spacial score (nSPS) is 10.8. The Morgan fingerprint density at radius 1 is 1.00 bits per heavy atom. The van der Waals surface area contributed by atoms with E-state index >= 15 is 0 Å². The molecular formula is C14H11BrN2O. The fraction of sp³-hybridized carbons (Fsp3) is 0.0714. The molecule has 0 saturated heterocycles. The first-order valence-electron chi connectivity index (χ1n) is 5.43. The molecule has 0 N–H and O–H groups in total. The van der Waals surface area contributed by atoms with Gasteiger partial charge in [-0.3, -0.25) is 4.79 Å². The van der Waals surface area contributed by atoms with Gasteiger partial charge in [-0.15, -0.1) is 10.2 Å². The number of rotatable bonds is 2. The molecule has 0 aromatic heterocycles. The fourth-order valence-corrected chi connectivity index (χ4v) is 1.63. The van der Waals surface area contributed by atoms with Gasteiger partial charge in [0.25, 0.3) is 5.91 Å². The van der Waals surface area contributed by atoms with Crippen molar-refractivity contribution >= 4 is 27.5 Å². The lowest BCUT2D eigenvalue weighted by atomic mass is 10.1. The van der Waals surface area contributed by atoms with Crippen LogP contribution in [-0.2, 0) is 0 Å². The molecule has 1 amide bonds. The van der Waals surface area contributed by atoms with Crippen LogP contribution in [0.15, 0.2) is 63.2 Å². The van der Waals surface area contributed by atoms with Crippen molar-refractivity contribution < 1.29 is 4.79 Å². The van der Waals surface area contributed by atoms with Crippen LogP contribution < -0.4 is 0 Å². The molecule has 2 aromatic carbocycles. The Kier molecular flexibility index (Phi) is 3.99. The third-order valence-corrected chi connectivity index (χ3v) is 2.91. The fourth-order valence-electron chi connectivity index (χ4n) is 1.36. The van der Waals surface area contributed by atoms with Crippen molar-refractivity contribution in [3.8, 4) is 0 Å². The zero-order chi connectivity index (χ0) is 13.0. The van der Waals surface area contributed by atoms with Crippen LogP contribution in [0.3, 0.4) is 0 Å². The Morgan fingerprint density at radius 2 is 1.61 bits per heavy atom. The van der Waals surface area contributed by atoms with Crippen LogP contribution >= 0.6 is 15.9 Å². The summed E-state index contributed by atoms with van der Waals surface area (Å²) in [5, 5.41) is 7.60. The van der Waals surface area contributed by atoms with Crippen LogP contribution in [0.1, 0.15) is 15.9 Å². The molecule has 18 heavy (non-hydrogen) atoms. The summed E-state index contributed by atoms with van der Waals surface area (Å²) in [6, 6.07) is 14.5. The molecule has 0 saturated carbocycles. The molecular weight excluding hydrogens is 292 g/mol. The summed E-state index contributed by atoms with van der Waals surface area (Å²) < 4.78 is 0.964. The Morgan fingerprint density at radius 3 is 2.22 bits per heavy atom. The largest absolute Gasteiger partial charge is 0.295 e. The van der Waals surface area contributed by atoms with Gasteiger partial charge in [0.1, 0.15) is 0 Å². The van der Waals surface area contributed by atoms with Crippen LogP contribution in [0, 0.1) is 6.92 Å². The molecule has 0 radical (unpaired) electrons. The number of hydrogen-bond acceptors (Lipinski definition) is 2. The molecule has 0 bridgehead atoms. The van der Waals surface area contributed by atoms with Gasteiger partial charge in [-0.2, -0.15) is 0 Å². The monoisotopic (exact) mass is 302 g/mol. The number of nitrogens with zero attached hydrogens (tertiary/aromatic N) is 2. The van der Waals surface area contributed by atoms with Crippen molar-refractivity contribution in [1.82, 2.24) is 0 Å². The van der Waals surface area contributed by atoms with Crippen LogP contribution in [0.2, 0.25) is 0 Å². The maximum atomic E-state index is 11.7. The summed E-state index contributed by atoms with van der Waals surface area (Å²) in [7, 11) is 0. The number of aryl methyl sites for hydroxylation is 1. The number of amides is 1. The van der Waals surface area contributed by atoms with Crippen LogP contribution in [0.25, 0.3) is 0 Å². The van der Waals surface area contributed by atoms with E-state index in [0.717, 1.165) is 10.0 Å². The molecule has 0 aliphatic heterocycles. The molecule has 0 spiro atoms. The van der Waals surface area contributed by atoms with E-state index < -0.39 is 0 Å². The molecule has 0 aliphatic carbocycles. The van der Waals surface area contributed by atoms with Crippen LogP contribution in [-0.4, -0.2) is 5.91 Å². The lowest BCUT2D eigenvalue weighted by Gasteiger charge is -1.96. The van der Waals surface area contributed by atoms with Gasteiger partial charge in [-0.05, 0) is 43.3 Å². The zero-order valence-electron chi connectivity index (χ0n) is 9.80. The number of halogens is 1. The first-order chi connectivity index (χ1) is 8.65. The van der Waals surface area contributed by atoms with E-state index in [1.54, 1.807) is 24.3 Å². The average Bonchev–Trinajstić information content (AvgIpc) is 2.38. The van der Waals surface area contributed by atoms with Gasteiger partial charge < -0.3 is 0 Å². The number of carbonyl (C=O) groups excluding carboxylic acids is 1. The SMILES string of the molecule is Cc1ccc(C(=O)N=Nc2ccc(Br)cc2)cc1. The number of hydrogen-bond donors (Lipinski definition) is 0. The summed E-state index contributed by atoms with van der Waals surface area (Å²) in [5.74, 6) is -0.335. The van der Waals surface area contributed by atoms with Crippen molar-refractivity contribution in [1.29, 1.82) is 0 Å². The molecule has 90 valence electrons. The molecule has 0 aliphatic rings. The van der Waals surface area contributed by atoms with E-state index in [2.05, 4.69) is 26.2 Å². The first-order valence-corrected chi connectivity index (χ1v) is 6.23. The molecule has 0 fully saturated rings. The highest BCUT2D eigenvalue weighted by atomic mass is 79.9. The minimum absolute atomic E-state index is 0.335. The topological polar surface area (TPSA) is 41.8 Å². The highest BCUT2D eigenvalue weighted by molar-refractivity contribution is 9.10. The number of carbonyl (C=O) groups is 1. The second-order valence-corrected chi connectivity index (χ2v) is 4.76. The summed E-state index contributed by atoms with van der Waals surface area (Å²) in [5.41, 5.74) is 2.30. The van der Waals surface area contributed by atoms with Gasteiger partial charge in [-0.1, -0.05) is 33.6 Å². The minimum Gasteiger partial charge on any atom is -0.265 e. The van der Waals surface area contributed by atoms with Gasteiger partial charge >= 0.3 is 0 Å². The summed E-state index contributed by atoms with van der Waals surface area (Å²) in [4.78, 5) is 11.7. The van der Waals surface area contributed by atoms with Gasteiger partial charge in [0.2, 0.25) is 0 Å². The summed E-state index contributed by atoms with van der Waals surface area (Å²) >= 11 is 3.33. The van der Waals surface area contributed by atoms with E-state index in [-0.39, 0.29) is 5.91 Å². The number of azo groups is 1. The van der Waals surface area contributed by atoms with Crippen LogP contribution in [0.4, 0.5) is 5.69 Å². The average molecular weight is 303 g/mol. The summed E-state index contributed by atoms with van der Waals surface area (Å²) in [6.07, 6.45) is 0. The molecule has 3 nitrogen and oxygen atoms in total. The summed E-state index contributed by atoms with van der Waals surface area (Å²) in [6.45, 7) is 1.97. The van der Waals surface area contributed by atoms with Gasteiger partial charge in [0, 0.05) is 10.0 Å². The second-order valence-electron chi connectivity index (χ2n) is 3.85. The van der Waals surface area contributed by atoms with Crippen molar-refractivity contribution in [2.24, 2.45) is 10.2 Å². The van der Waals surface area contributed by atoms with Gasteiger partial charge in [0.05, 0.1) is 5.69 Å². The van der Waals surface area contributed by atoms with E-state index in [1.165, 1.54) is 0 Å². The quantitative estimate of drug-likeness (QED) is 0.743. The third kappa shape index (κ3) is 3.34. The maximum absolute atomic E-state index is 11.7. The van der Waals surface area contributed by atoms with E-state index in [0.29, 0.717) is 11.3 Å². The molecule has 0 heterocycles. The zero-order valence-corrected chi connectivity index (χ0v) is 11.4. The van der Waals surface area contributed by atoms with Gasteiger partial charge in [-0.25, -0.2) is 0 Å². The second kappa shape index (κ2) is 5.69. The van der Waals surface area contributed by atoms with Crippen molar-refractivity contribution in [2.75, 3.05) is 0 Å². The van der Waals surface area contributed by atoms with Gasteiger partial charge in [0.15, 0.2) is 0 Å². The predicted octanol–water partition coefficient (Wildman–Crippen LogP) is 4.68. The Balaban J connectivity index is 2.11. The molecule has 2 aromatic rings. The minimum atomic E-state index is -0.335. The standard InChI is InChI=1S/C14H11BrN2O/c1-10-2-4-11(5-3-10)14(18)17-16-13-8-6-12(15)7-9-13/h2-9H,1H3. The van der Waals surface area contributed by atoms with E-state index in [1.807, 2.05) is 31.2 Å². The van der Waals surface area contributed by atoms with E-state index in [9.17, 15) is 4.79 Å². The Hall–Kier alpha value is -1.81. The molecule has 0 unspecified atom stereocenters. The van der Waals surface area contributed by atoms with Crippen molar-refractivity contribution in [2.45, 2.75) is 6.92 Å². The van der Waals surface area contributed by atoms with Crippen molar-refractivity contribution in [3.63, 3.8) is 0 Å². The smallest absolute Gasteiger partial charge is 0.265 e. The van der Waals surface area contributed by atoms with Crippen molar-refractivity contribution in [3.05, 3.63) is 64.1 Å². The number of benzene rings is 2. The lowest BCUT2D eigenvalue weighted by Crippen LogP contribution is -1.92. The van der Waals surface area contributed by atoms with Crippen LogP contribution in [0.5, 0.6) is 0 Å². The van der Waals surface area contributed by atoms with E-state index in [4.69, 9.17) is 0 Å². The highest BCUT2D eigenvalue weighted by Crippen LogP contribution is 2.17. The molecule has 0 atom stereocenters. The highest BCUT2D eigenvalue weighted by Gasteiger charge is 2.02. The molecule has 2 rings (SSSR count). The first kappa shape index (κ1) is 12.6.